The Bertz CT molecular complexity index is 508. The standard InChI is InChI=1S/C15H20FN3O/c1-18-6-8-19(9-7-18)14-5-4-12(10-13(14)16)17-15(20)11-2-3-11/h4-5,10-11H,2-3,6-9H2,1H3,(H,17,20). The minimum Gasteiger partial charge on any atom is -0.367 e. The number of nitrogens with zero attached hydrogens (tertiary/aromatic N) is 2. The van der Waals surface area contributed by atoms with Crippen molar-refractivity contribution in [2.45, 2.75) is 12.8 Å². The Morgan fingerprint density at radius 3 is 2.55 bits per heavy atom. The van der Waals surface area contributed by atoms with Crippen LogP contribution in [-0.4, -0.2) is 44.0 Å². The van der Waals surface area contributed by atoms with E-state index in [0.717, 1.165) is 39.0 Å². The number of benzene rings is 1. The highest BCUT2D eigenvalue weighted by atomic mass is 19.1. The molecule has 20 heavy (non-hydrogen) atoms. The normalized spacial score (nSPS) is 20.0. The first-order valence-corrected chi connectivity index (χ1v) is 7.17. The van der Waals surface area contributed by atoms with Crippen LogP contribution in [0.15, 0.2) is 18.2 Å². The van der Waals surface area contributed by atoms with Crippen molar-refractivity contribution in [1.29, 1.82) is 0 Å². The number of piperazine rings is 1. The third-order valence-electron chi connectivity index (χ3n) is 4.01. The Labute approximate surface area is 118 Å². The Morgan fingerprint density at radius 1 is 1.25 bits per heavy atom. The minimum absolute atomic E-state index is 0.0109. The topological polar surface area (TPSA) is 35.6 Å². The summed E-state index contributed by atoms with van der Waals surface area (Å²) in [6.45, 7) is 3.56. The summed E-state index contributed by atoms with van der Waals surface area (Å²) in [5, 5.41) is 2.78. The predicted octanol–water partition coefficient (Wildman–Crippen LogP) is 1.93. The second-order valence-electron chi connectivity index (χ2n) is 5.72. The summed E-state index contributed by atoms with van der Waals surface area (Å²) in [5.74, 6) is -0.115. The summed E-state index contributed by atoms with van der Waals surface area (Å²) in [7, 11) is 2.07. The van der Waals surface area contributed by atoms with Crippen LogP contribution in [0.2, 0.25) is 0 Å². The Morgan fingerprint density at radius 2 is 1.95 bits per heavy atom. The van der Waals surface area contributed by atoms with Crippen molar-refractivity contribution < 1.29 is 9.18 Å². The Balaban J connectivity index is 1.68. The first kappa shape index (κ1) is 13.4. The zero-order chi connectivity index (χ0) is 14.1. The molecule has 0 unspecified atom stereocenters. The lowest BCUT2D eigenvalue weighted by Crippen LogP contribution is -2.44. The van der Waals surface area contributed by atoms with Crippen LogP contribution >= 0.6 is 0 Å². The lowest BCUT2D eigenvalue weighted by molar-refractivity contribution is -0.117. The van der Waals surface area contributed by atoms with Crippen LogP contribution in [0.4, 0.5) is 15.8 Å². The van der Waals surface area contributed by atoms with Crippen LogP contribution in [0.25, 0.3) is 0 Å². The van der Waals surface area contributed by atoms with E-state index < -0.39 is 0 Å². The molecular weight excluding hydrogens is 257 g/mol. The van der Waals surface area contributed by atoms with Gasteiger partial charge >= 0.3 is 0 Å². The number of nitrogens with one attached hydrogen (secondary N) is 1. The molecule has 2 fully saturated rings. The third kappa shape index (κ3) is 2.93. The molecule has 1 aliphatic heterocycles. The van der Waals surface area contributed by atoms with E-state index in [4.69, 9.17) is 0 Å². The fourth-order valence-electron chi connectivity index (χ4n) is 2.48. The Hall–Kier alpha value is -1.62. The van der Waals surface area contributed by atoms with Crippen LogP contribution in [-0.2, 0) is 4.79 Å². The van der Waals surface area contributed by atoms with Gasteiger partial charge < -0.3 is 15.1 Å². The van der Waals surface area contributed by atoms with E-state index in [2.05, 4.69) is 22.2 Å². The molecule has 1 heterocycles. The zero-order valence-corrected chi connectivity index (χ0v) is 11.7. The van der Waals surface area contributed by atoms with Gasteiger partial charge in [-0.2, -0.15) is 0 Å². The summed E-state index contributed by atoms with van der Waals surface area (Å²) in [6, 6.07) is 4.98. The van der Waals surface area contributed by atoms with Gasteiger partial charge in [0, 0.05) is 37.8 Å². The molecule has 1 saturated heterocycles. The number of hydrogen-bond donors (Lipinski definition) is 1. The summed E-state index contributed by atoms with van der Waals surface area (Å²) in [5.41, 5.74) is 1.18. The summed E-state index contributed by atoms with van der Waals surface area (Å²) < 4.78 is 14.2. The van der Waals surface area contributed by atoms with Gasteiger partial charge in [0.2, 0.25) is 5.91 Å². The first-order chi connectivity index (χ1) is 9.63. The highest BCUT2D eigenvalue weighted by Crippen LogP contribution is 2.31. The third-order valence-corrected chi connectivity index (χ3v) is 4.01. The predicted molar refractivity (Wildman–Crippen MR) is 77.5 cm³/mol. The highest BCUT2D eigenvalue weighted by molar-refractivity contribution is 5.94. The molecule has 1 amide bonds. The van der Waals surface area contributed by atoms with Gasteiger partial charge in [-0.05, 0) is 38.1 Å². The highest BCUT2D eigenvalue weighted by Gasteiger charge is 2.29. The molecule has 3 rings (SSSR count). The molecule has 2 aliphatic rings. The van der Waals surface area contributed by atoms with E-state index in [9.17, 15) is 9.18 Å². The van der Waals surface area contributed by atoms with Gasteiger partial charge in [0.1, 0.15) is 5.82 Å². The van der Waals surface area contributed by atoms with Crippen molar-refractivity contribution in [3.8, 4) is 0 Å². The number of likely N-dealkylation sites (N-methyl/N-ethyl adjacent to an activating group) is 1. The molecule has 1 aromatic carbocycles. The van der Waals surface area contributed by atoms with Crippen molar-refractivity contribution in [1.82, 2.24) is 4.90 Å². The van der Waals surface area contributed by atoms with E-state index in [-0.39, 0.29) is 17.6 Å². The molecule has 108 valence electrons. The molecule has 5 heteroatoms. The van der Waals surface area contributed by atoms with E-state index in [0.29, 0.717) is 11.4 Å². The molecule has 1 aromatic rings. The first-order valence-electron chi connectivity index (χ1n) is 7.17. The number of carbonyl (C=O) groups excluding carboxylic acids is 1. The lowest BCUT2D eigenvalue weighted by atomic mass is 10.2. The van der Waals surface area contributed by atoms with Gasteiger partial charge in [-0.3, -0.25) is 4.79 Å². The molecule has 1 saturated carbocycles. The molecule has 0 bridgehead atoms. The van der Waals surface area contributed by atoms with Gasteiger partial charge in [0.05, 0.1) is 5.69 Å². The van der Waals surface area contributed by atoms with Crippen LogP contribution in [0, 0.1) is 11.7 Å². The average Bonchev–Trinajstić information content (AvgIpc) is 3.25. The molecule has 4 nitrogen and oxygen atoms in total. The quantitative estimate of drug-likeness (QED) is 0.917. The smallest absolute Gasteiger partial charge is 0.227 e. The van der Waals surface area contributed by atoms with Crippen molar-refractivity contribution in [3.63, 3.8) is 0 Å². The van der Waals surface area contributed by atoms with Crippen molar-refractivity contribution >= 4 is 17.3 Å². The van der Waals surface area contributed by atoms with Crippen LogP contribution in [0.1, 0.15) is 12.8 Å². The largest absolute Gasteiger partial charge is 0.367 e. The van der Waals surface area contributed by atoms with Crippen LogP contribution in [0.5, 0.6) is 0 Å². The molecule has 0 atom stereocenters. The lowest BCUT2D eigenvalue weighted by Gasteiger charge is -2.34. The molecule has 0 aromatic heterocycles. The SMILES string of the molecule is CN1CCN(c2ccc(NC(=O)C3CC3)cc2F)CC1. The Kier molecular flexibility index (Phi) is 3.61. The van der Waals surface area contributed by atoms with Gasteiger partial charge in [-0.25, -0.2) is 4.39 Å². The number of carbonyl (C=O) groups is 1. The molecule has 0 radical (unpaired) electrons. The number of rotatable bonds is 3. The van der Waals surface area contributed by atoms with Gasteiger partial charge in [-0.1, -0.05) is 0 Å². The summed E-state index contributed by atoms with van der Waals surface area (Å²) >= 11 is 0. The van der Waals surface area contributed by atoms with E-state index in [1.807, 2.05) is 0 Å². The number of halogens is 1. The van der Waals surface area contributed by atoms with Gasteiger partial charge in [-0.15, -0.1) is 0 Å². The molecule has 1 aliphatic carbocycles. The molecular formula is C15H20FN3O. The van der Waals surface area contributed by atoms with Gasteiger partial charge in [0.15, 0.2) is 0 Å². The zero-order valence-electron chi connectivity index (χ0n) is 11.7. The van der Waals surface area contributed by atoms with E-state index >= 15 is 0 Å². The van der Waals surface area contributed by atoms with Crippen molar-refractivity contribution in [2.75, 3.05) is 43.4 Å². The maximum absolute atomic E-state index is 14.2. The van der Waals surface area contributed by atoms with Crippen LogP contribution < -0.4 is 10.2 Å². The van der Waals surface area contributed by atoms with E-state index in [1.165, 1.54) is 6.07 Å². The van der Waals surface area contributed by atoms with Crippen molar-refractivity contribution in [2.24, 2.45) is 5.92 Å². The fraction of sp³-hybridized carbons (Fsp3) is 0.533. The number of amides is 1. The maximum Gasteiger partial charge on any atom is 0.227 e. The summed E-state index contributed by atoms with van der Waals surface area (Å²) in [6.07, 6.45) is 1.90. The minimum atomic E-state index is -0.261. The maximum atomic E-state index is 14.2. The molecule has 0 spiro atoms. The number of hydrogen-bond acceptors (Lipinski definition) is 3. The monoisotopic (exact) mass is 277 g/mol. The van der Waals surface area contributed by atoms with Crippen LogP contribution in [0.3, 0.4) is 0 Å². The summed E-state index contributed by atoms with van der Waals surface area (Å²) in [4.78, 5) is 16.0. The average molecular weight is 277 g/mol. The van der Waals surface area contributed by atoms with E-state index in [1.54, 1.807) is 12.1 Å². The number of anilines is 2. The second kappa shape index (κ2) is 5.40. The second-order valence-corrected chi connectivity index (χ2v) is 5.72. The fourth-order valence-corrected chi connectivity index (χ4v) is 2.48. The van der Waals surface area contributed by atoms with Gasteiger partial charge in [0.25, 0.3) is 0 Å². The molecule has 1 N–H and O–H groups in total. The van der Waals surface area contributed by atoms with Crippen molar-refractivity contribution in [3.05, 3.63) is 24.0 Å².